The van der Waals surface area contributed by atoms with Gasteiger partial charge >= 0.3 is 0 Å². The molecule has 0 aromatic carbocycles. The molecule has 11 heavy (non-hydrogen) atoms. The van der Waals surface area contributed by atoms with Crippen LogP contribution in [0.15, 0.2) is 0 Å². The highest BCUT2D eigenvalue weighted by atomic mass is 15.1. The first-order valence-corrected chi connectivity index (χ1v) is 4.28. The summed E-state index contributed by atoms with van der Waals surface area (Å²) in [6.45, 7) is 6.41. The molecular weight excluding hydrogens is 134 g/mol. The molecule has 0 aliphatic rings. The fourth-order valence-electron chi connectivity index (χ4n) is 1.00. The Morgan fingerprint density at radius 1 is 1.45 bits per heavy atom. The molecule has 1 nitrogen and oxygen atoms in total. The third-order valence-corrected chi connectivity index (χ3v) is 1.68. The lowest BCUT2D eigenvalue weighted by Crippen LogP contribution is -2.19. The molecule has 0 atom stereocenters. The van der Waals surface area contributed by atoms with Gasteiger partial charge in [-0.3, -0.25) is 4.90 Å². The van der Waals surface area contributed by atoms with Crippen molar-refractivity contribution in [1.82, 2.24) is 4.90 Å². The Labute approximate surface area is 70.8 Å². The summed E-state index contributed by atoms with van der Waals surface area (Å²) in [6, 6.07) is 0. The molecule has 0 saturated heterocycles. The van der Waals surface area contributed by atoms with E-state index in [-0.39, 0.29) is 0 Å². The van der Waals surface area contributed by atoms with Gasteiger partial charge in [0.2, 0.25) is 0 Å². The maximum atomic E-state index is 5.17. The zero-order valence-electron chi connectivity index (χ0n) is 7.93. The number of hydrogen-bond acceptors (Lipinski definition) is 1. The molecular formula is C10H19N. The maximum absolute atomic E-state index is 5.17. The summed E-state index contributed by atoms with van der Waals surface area (Å²) < 4.78 is 0. The van der Waals surface area contributed by atoms with Crippen LogP contribution in [-0.4, -0.2) is 25.0 Å². The van der Waals surface area contributed by atoms with Gasteiger partial charge in [0, 0.05) is 0 Å². The highest BCUT2D eigenvalue weighted by Crippen LogP contribution is 2.03. The van der Waals surface area contributed by atoms with Crippen molar-refractivity contribution >= 4 is 0 Å². The Hall–Kier alpha value is -0.480. The maximum Gasteiger partial charge on any atom is 0.0596 e. The standard InChI is InChI=1S/C10H19N/c1-5-8-11(4)9-6-7-10(2)3/h1,10H,6-9H2,2-4H3. The van der Waals surface area contributed by atoms with Crippen LogP contribution in [0.4, 0.5) is 0 Å². The highest BCUT2D eigenvalue weighted by molar-refractivity contribution is 4.86. The molecule has 0 fully saturated rings. The Morgan fingerprint density at radius 3 is 2.55 bits per heavy atom. The van der Waals surface area contributed by atoms with Crippen molar-refractivity contribution in [3.63, 3.8) is 0 Å². The van der Waals surface area contributed by atoms with E-state index in [0.717, 1.165) is 19.0 Å². The molecule has 1 heteroatoms. The molecule has 0 saturated carbocycles. The van der Waals surface area contributed by atoms with Gasteiger partial charge in [0.1, 0.15) is 0 Å². The summed E-state index contributed by atoms with van der Waals surface area (Å²) in [4.78, 5) is 2.18. The topological polar surface area (TPSA) is 3.24 Å². The van der Waals surface area contributed by atoms with Crippen LogP contribution in [0.3, 0.4) is 0 Å². The molecule has 0 unspecified atom stereocenters. The molecule has 64 valence electrons. The highest BCUT2D eigenvalue weighted by Gasteiger charge is 1.97. The van der Waals surface area contributed by atoms with E-state index in [4.69, 9.17) is 6.42 Å². The Bertz CT molecular complexity index is 121. The SMILES string of the molecule is C#CCN(C)CCCC(C)C. The largest absolute Gasteiger partial charge is 0.295 e. The number of nitrogens with zero attached hydrogens (tertiary/aromatic N) is 1. The lowest BCUT2D eigenvalue weighted by atomic mass is 10.1. The Kier molecular flexibility index (Phi) is 5.97. The molecule has 0 N–H and O–H groups in total. The molecule has 0 aliphatic heterocycles. The normalized spacial score (nSPS) is 10.5. The van der Waals surface area contributed by atoms with E-state index >= 15 is 0 Å². The Morgan fingerprint density at radius 2 is 2.09 bits per heavy atom. The molecule has 0 amide bonds. The first kappa shape index (κ1) is 10.5. The van der Waals surface area contributed by atoms with Crippen molar-refractivity contribution in [2.24, 2.45) is 5.92 Å². The van der Waals surface area contributed by atoms with Gasteiger partial charge < -0.3 is 0 Å². The van der Waals surface area contributed by atoms with Gasteiger partial charge in [-0.2, -0.15) is 0 Å². The van der Waals surface area contributed by atoms with E-state index in [1.807, 2.05) is 0 Å². The van der Waals surface area contributed by atoms with Crippen LogP contribution in [0.1, 0.15) is 26.7 Å². The van der Waals surface area contributed by atoms with Crippen LogP contribution >= 0.6 is 0 Å². The second-order valence-corrected chi connectivity index (χ2v) is 3.48. The minimum Gasteiger partial charge on any atom is -0.295 e. The van der Waals surface area contributed by atoms with Crippen molar-refractivity contribution in [2.45, 2.75) is 26.7 Å². The Balaban J connectivity index is 3.18. The molecule has 0 aromatic rings. The van der Waals surface area contributed by atoms with Gasteiger partial charge in [-0.15, -0.1) is 6.42 Å². The van der Waals surface area contributed by atoms with Gasteiger partial charge in [-0.25, -0.2) is 0 Å². The first-order valence-electron chi connectivity index (χ1n) is 4.28. The minimum absolute atomic E-state index is 0.776. The minimum atomic E-state index is 0.776. The van der Waals surface area contributed by atoms with Crippen molar-refractivity contribution in [3.05, 3.63) is 0 Å². The smallest absolute Gasteiger partial charge is 0.0596 e. The second-order valence-electron chi connectivity index (χ2n) is 3.48. The molecule has 0 aliphatic carbocycles. The van der Waals surface area contributed by atoms with E-state index in [9.17, 15) is 0 Å². The molecule has 0 rings (SSSR count). The monoisotopic (exact) mass is 153 g/mol. The van der Waals surface area contributed by atoms with E-state index < -0.39 is 0 Å². The zero-order valence-corrected chi connectivity index (χ0v) is 7.93. The van der Waals surface area contributed by atoms with Gasteiger partial charge in [-0.1, -0.05) is 19.8 Å². The van der Waals surface area contributed by atoms with Crippen LogP contribution in [0.5, 0.6) is 0 Å². The van der Waals surface area contributed by atoms with Crippen molar-refractivity contribution in [2.75, 3.05) is 20.1 Å². The van der Waals surface area contributed by atoms with Crippen LogP contribution in [-0.2, 0) is 0 Å². The second kappa shape index (κ2) is 6.24. The molecule has 0 bridgehead atoms. The van der Waals surface area contributed by atoms with Crippen LogP contribution in [0.2, 0.25) is 0 Å². The fourth-order valence-corrected chi connectivity index (χ4v) is 1.00. The molecule has 0 aromatic heterocycles. The van der Waals surface area contributed by atoms with E-state index in [1.165, 1.54) is 12.8 Å². The van der Waals surface area contributed by atoms with Gasteiger partial charge in [-0.05, 0) is 32.4 Å². The summed E-state index contributed by atoms with van der Waals surface area (Å²) in [7, 11) is 2.07. The number of hydrogen-bond donors (Lipinski definition) is 0. The quantitative estimate of drug-likeness (QED) is 0.546. The predicted molar refractivity (Wildman–Crippen MR) is 50.4 cm³/mol. The average molecular weight is 153 g/mol. The van der Waals surface area contributed by atoms with Gasteiger partial charge in [0.25, 0.3) is 0 Å². The fraction of sp³-hybridized carbons (Fsp3) is 0.800. The molecule has 0 radical (unpaired) electrons. The predicted octanol–water partition coefficient (Wildman–Crippen LogP) is 1.99. The summed E-state index contributed by atoms with van der Waals surface area (Å²) in [5, 5.41) is 0. The number of terminal acetylenes is 1. The van der Waals surface area contributed by atoms with Crippen LogP contribution in [0, 0.1) is 18.3 Å². The van der Waals surface area contributed by atoms with Crippen molar-refractivity contribution < 1.29 is 0 Å². The van der Waals surface area contributed by atoms with E-state index in [2.05, 4.69) is 31.7 Å². The summed E-state index contributed by atoms with van der Waals surface area (Å²) >= 11 is 0. The van der Waals surface area contributed by atoms with E-state index in [1.54, 1.807) is 0 Å². The van der Waals surface area contributed by atoms with Crippen LogP contribution < -0.4 is 0 Å². The lowest BCUT2D eigenvalue weighted by Gasteiger charge is -2.13. The van der Waals surface area contributed by atoms with Crippen molar-refractivity contribution in [3.8, 4) is 12.3 Å². The third-order valence-electron chi connectivity index (χ3n) is 1.68. The summed E-state index contributed by atoms with van der Waals surface area (Å²) in [5.41, 5.74) is 0. The van der Waals surface area contributed by atoms with Gasteiger partial charge in [0.15, 0.2) is 0 Å². The van der Waals surface area contributed by atoms with E-state index in [0.29, 0.717) is 0 Å². The zero-order chi connectivity index (χ0) is 8.69. The summed E-state index contributed by atoms with van der Waals surface area (Å²) in [6.07, 6.45) is 7.73. The lowest BCUT2D eigenvalue weighted by molar-refractivity contribution is 0.352. The molecule has 0 heterocycles. The first-order chi connectivity index (χ1) is 5.16. The van der Waals surface area contributed by atoms with Crippen LogP contribution in [0.25, 0.3) is 0 Å². The van der Waals surface area contributed by atoms with Crippen molar-refractivity contribution in [1.29, 1.82) is 0 Å². The number of rotatable bonds is 5. The molecule has 0 spiro atoms. The third kappa shape index (κ3) is 7.42. The average Bonchev–Trinajstić information content (AvgIpc) is 1.87. The van der Waals surface area contributed by atoms with Gasteiger partial charge in [0.05, 0.1) is 6.54 Å². The summed E-state index contributed by atoms with van der Waals surface area (Å²) in [5.74, 6) is 3.45.